The summed E-state index contributed by atoms with van der Waals surface area (Å²) < 4.78 is 1.97. The van der Waals surface area contributed by atoms with E-state index in [-0.39, 0.29) is 25.5 Å². The van der Waals surface area contributed by atoms with Gasteiger partial charge in [0.15, 0.2) is 0 Å². The second kappa shape index (κ2) is 5.19. The summed E-state index contributed by atoms with van der Waals surface area (Å²) in [5.41, 5.74) is 7.47. The number of aromatic nitrogens is 2. The molecule has 1 aromatic heterocycles. The number of aryl methyl sites for hydroxylation is 1. The summed E-state index contributed by atoms with van der Waals surface area (Å²) in [6.45, 7) is 4.58. The van der Waals surface area contributed by atoms with E-state index in [2.05, 4.69) is 61.3 Å². The minimum absolute atomic E-state index is 0. The molecule has 0 spiro atoms. The van der Waals surface area contributed by atoms with E-state index in [0.717, 1.165) is 11.3 Å². The van der Waals surface area contributed by atoms with Crippen molar-refractivity contribution in [3.63, 3.8) is 0 Å². The monoisotopic (exact) mass is 466 g/mol. The van der Waals surface area contributed by atoms with Crippen LogP contribution in [0, 0.1) is 6.07 Å². The van der Waals surface area contributed by atoms with Crippen LogP contribution in [0.2, 0.25) is 0 Å². The first kappa shape index (κ1) is 15.2. The number of rotatable bonds is 1. The Morgan fingerprint density at radius 1 is 1.09 bits per heavy atom. The predicted molar refractivity (Wildman–Crippen MR) is 85.0 cm³/mol. The van der Waals surface area contributed by atoms with E-state index in [0.29, 0.717) is 0 Å². The minimum Gasteiger partial charge on any atom is -0.350 e. The quantitative estimate of drug-likeness (QED) is 0.493. The van der Waals surface area contributed by atoms with Gasteiger partial charge in [0.05, 0.1) is 6.33 Å². The third-order valence-electron chi connectivity index (χ3n) is 4.50. The SMILES string of the molecule is Cn1cnc(-c2[c-]cc3c(c2)C(C)(C)c2ccccc2-3)c1.[Ir]. The van der Waals surface area contributed by atoms with Crippen molar-refractivity contribution in [2.45, 2.75) is 19.3 Å². The third kappa shape index (κ3) is 2.08. The Morgan fingerprint density at radius 3 is 2.59 bits per heavy atom. The molecule has 2 aromatic carbocycles. The van der Waals surface area contributed by atoms with Crippen molar-refractivity contribution in [2.24, 2.45) is 7.05 Å². The van der Waals surface area contributed by atoms with E-state index < -0.39 is 0 Å². The zero-order valence-corrected chi connectivity index (χ0v) is 15.2. The van der Waals surface area contributed by atoms with Crippen molar-refractivity contribution in [1.82, 2.24) is 9.55 Å². The topological polar surface area (TPSA) is 17.8 Å². The molecule has 0 saturated carbocycles. The van der Waals surface area contributed by atoms with Crippen LogP contribution >= 0.6 is 0 Å². The molecule has 0 atom stereocenters. The van der Waals surface area contributed by atoms with Gasteiger partial charge in [-0.15, -0.1) is 29.3 Å². The van der Waals surface area contributed by atoms with Crippen molar-refractivity contribution in [2.75, 3.05) is 0 Å². The minimum atomic E-state index is 0. The van der Waals surface area contributed by atoms with Crippen LogP contribution in [0.5, 0.6) is 0 Å². The third-order valence-corrected chi connectivity index (χ3v) is 4.50. The number of nitrogens with zero attached hydrogens (tertiary/aromatic N) is 2. The molecule has 0 fully saturated rings. The van der Waals surface area contributed by atoms with Gasteiger partial charge in [0, 0.05) is 32.8 Å². The maximum Gasteiger partial charge on any atom is 0.0834 e. The van der Waals surface area contributed by atoms with Crippen LogP contribution in [0.1, 0.15) is 25.0 Å². The molecule has 0 bridgehead atoms. The second-order valence-corrected chi connectivity index (χ2v) is 6.27. The van der Waals surface area contributed by atoms with Crippen LogP contribution in [0.3, 0.4) is 0 Å². The molecular weight excluding hydrogens is 448 g/mol. The molecule has 4 rings (SSSR count). The Hall–Kier alpha value is -1.70. The molecule has 22 heavy (non-hydrogen) atoms. The van der Waals surface area contributed by atoms with Gasteiger partial charge >= 0.3 is 0 Å². The molecule has 0 amide bonds. The number of hydrogen-bond acceptors (Lipinski definition) is 1. The Bertz CT molecular complexity index is 846. The fourth-order valence-corrected chi connectivity index (χ4v) is 3.34. The van der Waals surface area contributed by atoms with Gasteiger partial charge in [0.25, 0.3) is 0 Å². The molecule has 1 aliphatic carbocycles. The molecule has 113 valence electrons. The second-order valence-electron chi connectivity index (χ2n) is 6.27. The Morgan fingerprint density at radius 2 is 1.86 bits per heavy atom. The van der Waals surface area contributed by atoms with Gasteiger partial charge in [-0.1, -0.05) is 49.2 Å². The maximum absolute atomic E-state index is 4.44. The number of imidazole rings is 1. The van der Waals surface area contributed by atoms with Gasteiger partial charge in [-0.2, -0.15) is 0 Å². The van der Waals surface area contributed by atoms with Crippen LogP contribution < -0.4 is 0 Å². The first-order chi connectivity index (χ1) is 10.1. The number of fused-ring (bicyclic) bond motifs is 3. The predicted octanol–water partition coefficient (Wildman–Crippen LogP) is 4.19. The smallest absolute Gasteiger partial charge is 0.0834 e. The van der Waals surface area contributed by atoms with E-state index in [4.69, 9.17) is 0 Å². The van der Waals surface area contributed by atoms with Crippen molar-refractivity contribution in [3.8, 4) is 22.4 Å². The van der Waals surface area contributed by atoms with Crippen LogP contribution in [-0.2, 0) is 32.6 Å². The van der Waals surface area contributed by atoms with E-state index in [1.54, 1.807) is 0 Å². The largest absolute Gasteiger partial charge is 0.350 e. The molecule has 3 aromatic rings. The molecule has 0 N–H and O–H groups in total. The van der Waals surface area contributed by atoms with Crippen molar-refractivity contribution in [3.05, 3.63) is 66.1 Å². The summed E-state index contributed by atoms with van der Waals surface area (Å²) in [6, 6.07) is 16.4. The summed E-state index contributed by atoms with van der Waals surface area (Å²) in [5.74, 6) is 0. The molecule has 0 unspecified atom stereocenters. The molecule has 0 aliphatic heterocycles. The Balaban J connectivity index is 0.00000144. The van der Waals surface area contributed by atoms with Crippen LogP contribution in [0.25, 0.3) is 22.4 Å². The fourth-order valence-electron chi connectivity index (χ4n) is 3.34. The average molecular weight is 466 g/mol. The van der Waals surface area contributed by atoms with Gasteiger partial charge in [-0.25, -0.2) is 0 Å². The van der Waals surface area contributed by atoms with Crippen molar-refractivity contribution >= 4 is 0 Å². The summed E-state index contributed by atoms with van der Waals surface area (Å²) in [5, 5.41) is 0. The summed E-state index contributed by atoms with van der Waals surface area (Å²) in [7, 11) is 1.99. The van der Waals surface area contributed by atoms with E-state index in [9.17, 15) is 0 Å². The van der Waals surface area contributed by atoms with Crippen LogP contribution in [0.4, 0.5) is 0 Å². The van der Waals surface area contributed by atoms with Gasteiger partial charge in [0.1, 0.15) is 0 Å². The molecular formula is C19H17IrN2-. The van der Waals surface area contributed by atoms with Crippen LogP contribution in [0.15, 0.2) is 48.9 Å². The van der Waals surface area contributed by atoms with E-state index in [1.807, 2.05) is 24.1 Å². The van der Waals surface area contributed by atoms with Gasteiger partial charge in [-0.05, 0) is 17.2 Å². The fraction of sp³-hybridized carbons (Fsp3) is 0.211. The first-order valence-corrected chi connectivity index (χ1v) is 7.22. The standard InChI is InChI=1S/C19H17N2.Ir/c1-19(2)16-7-5-4-6-14(16)15-9-8-13(10-17(15)19)18-11-21(3)12-20-18;/h4-7,9-12H,1-3H3;/q-1;. The normalized spacial score (nSPS) is 14.1. The van der Waals surface area contributed by atoms with Gasteiger partial charge in [-0.3, -0.25) is 4.98 Å². The first-order valence-electron chi connectivity index (χ1n) is 7.22. The molecule has 3 heteroatoms. The summed E-state index contributed by atoms with van der Waals surface area (Å²) in [6.07, 6.45) is 3.86. The zero-order valence-electron chi connectivity index (χ0n) is 12.8. The number of hydrogen-bond donors (Lipinski definition) is 0. The molecule has 1 heterocycles. The van der Waals surface area contributed by atoms with Crippen molar-refractivity contribution < 1.29 is 20.1 Å². The van der Waals surface area contributed by atoms with E-state index >= 15 is 0 Å². The van der Waals surface area contributed by atoms with Crippen molar-refractivity contribution in [1.29, 1.82) is 0 Å². The molecule has 1 radical (unpaired) electrons. The van der Waals surface area contributed by atoms with Gasteiger partial charge in [0.2, 0.25) is 0 Å². The molecule has 2 nitrogen and oxygen atoms in total. The average Bonchev–Trinajstić information content (AvgIpc) is 3.01. The maximum atomic E-state index is 4.44. The Kier molecular flexibility index (Phi) is 3.58. The summed E-state index contributed by atoms with van der Waals surface area (Å²) in [4.78, 5) is 4.44. The Labute approximate surface area is 144 Å². The summed E-state index contributed by atoms with van der Waals surface area (Å²) >= 11 is 0. The van der Waals surface area contributed by atoms with Gasteiger partial charge < -0.3 is 4.57 Å². The zero-order chi connectivity index (χ0) is 14.6. The van der Waals surface area contributed by atoms with E-state index in [1.165, 1.54) is 22.3 Å². The molecule has 0 saturated heterocycles. The molecule has 1 aliphatic rings. The van der Waals surface area contributed by atoms with Crippen LogP contribution in [-0.4, -0.2) is 9.55 Å². The number of benzene rings is 2.